The molecule has 0 aliphatic carbocycles. The Labute approximate surface area is 122 Å². The summed E-state index contributed by atoms with van der Waals surface area (Å²) in [6.07, 6.45) is 1.85. The van der Waals surface area contributed by atoms with Crippen LogP contribution in [0.15, 0.2) is 24.4 Å². The third kappa shape index (κ3) is 4.34. The molecule has 0 amide bonds. The monoisotopic (exact) mass is 295 g/mol. The zero-order chi connectivity index (χ0) is 15.2. The van der Waals surface area contributed by atoms with Crippen LogP contribution in [0.5, 0.6) is 0 Å². The lowest BCUT2D eigenvalue weighted by Gasteiger charge is -2.04. The Bertz CT molecular complexity index is 599. The fourth-order valence-electron chi connectivity index (χ4n) is 2.05. The number of halogens is 2. The topological polar surface area (TPSA) is 39.1 Å². The molecule has 0 bridgehead atoms. The molecule has 114 valence electrons. The molecule has 0 unspecified atom stereocenters. The molecule has 1 aromatic heterocycles. The first-order valence-electron chi connectivity index (χ1n) is 6.76. The predicted molar refractivity (Wildman–Crippen MR) is 76.0 cm³/mol. The van der Waals surface area contributed by atoms with Gasteiger partial charge in [0.1, 0.15) is 11.6 Å². The van der Waals surface area contributed by atoms with Crippen LogP contribution in [0, 0.1) is 18.6 Å². The summed E-state index contributed by atoms with van der Waals surface area (Å²) in [4.78, 5) is 0. The van der Waals surface area contributed by atoms with Crippen LogP contribution in [0.1, 0.15) is 16.8 Å². The molecule has 0 aliphatic rings. The third-order valence-corrected chi connectivity index (χ3v) is 3.19. The standard InChI is InChI=1S/C15H19F2N3O/c1-11-13(8-18-5-6-21-2)10-20(19-11)9-12-7-14(16)3-4-15(12)17/h3-4,7,10,18H,5-6,8-9H2,1-2H3. The number of benzene rings is 1. The van der Waals surface area contributed by atoms with Gasteiger partial charge < -0.3 is 10.1 Å². The third-order valence-electron chi connectivity index (χ3n) is 3.19. The van der Waals surface area contributed by atoms with Crippen molar-refractivity contribution in [1.29, 1.82) is 0 Å². The summed E-state index contributed by atoms with van der Waals surface area (Å²) in [5.41, 5.74) is 2.19. The lowest BCUT2D eigenvalue weighted by atomic mass is 10.2. The molecule has 1 heterocycles. The summed E-state index contributed by atoms with van der Waals surface area (Å²) in [6, 6.07) is 3.44. The Kier molecular flexibility index (Phi) is 5.41. The van der Waals surface area contributed by atoms with Gasteiger partial charge in [0.05, 0.1) is 18.8 Å². The Balaban J connectivity index is 2.02. The molecular weight excluding hydrogens is 276 g/mol. The van der Waals surface area contributed by atoms with Crippen molar-refractivity contribution in [3.05, 3.63) is 52.9 Å². The van der Waals surface area contributed by atoms with Crippen molar-refractivity contribution in [3.8, 4) is 0 Å². The molecule has 0 saturated heterocycles. The van der Waals surface area contributed by atoms with Gasteiger partial charge in [-0.2, -0.15) is 5.10 Å². The van der Waals surface area contributed by atoms with E-state index in [0.29, 0.717) is 13.2 Å². The van der Waals surface area contributed by atoms with Gasteiger partial charge in [0, 0.05) is 37.5 Å². The lowest BCUT2D eigenvalue weighted by molar-refractivity contribution is 0.199. The number of aryl methyl sites for hydroxylation is 1. The van der Waals surface area contributed by atoms with Gasteiger partial charge in [-0.15, -0.1) is 0 Å². The molecule has 1 aromatic carbocycles. The van der Waals surface area contributed by atoms with E-state index in [4.69, 9.17) is 4.74 Å². The zero-order valence-electron chi connectivity index (χ0n) is 12.2. The van der Waals surface area contributed by atoms with E-state index in [2.05, 4.69) is 10.4 Å². The van der Waals surface area contributed by atoms with E-state index < -0.39 is 11.6 Å². The average Bonchev–Trinajstić information content (AvgIpc) is 2.79. The predicted octanol–water partition coefficient (Wildman–Crippen LogP) is 2.25. The minimum Gasteiger partial charge on any atom is -0.383 e. The maximum Gasteiger partial charge on any atom is 0.128 e. The van der Waals surface area contributed by atoms with Crippen molar-refractivity contribution in [2.24, 2.45) is 0 Å². The summed E-state index contributed by atoms with van der Waals surface area (Å²) in [6.45, 7) is 4.16. The SMILES string of the molecule is COCCNCc1cn(Cc2cc(F)ccc2F)nc1C. The van der Waals surface area contributed by atoms with Crippen LogP contribution < -0.4 is 5.32 Å². The number of nitrogens with zero attached hydrogens (tertiary/aromatic N) is 2. The van der Waals surface area contributed by atoms with Crippen molar-refractivity contribution < 1.29 is 13.5 Å². The highest BCUT2D eigenvalue weighted by Gasteiger charge is 2.08. The van der Waals surface area contributed by atoms with Crippen LogP contribution in [-0.4, -0.2) is 30.0 Å². The van der Waals surface area contributed by atoms with Crippen LogP contribution in [0.25, 0.3) is 0 Å². The number of hydrogen-bond donors (Lipinski definition) is 1. The average molecular weight is 295 g/mol. The van der Waals surface area contributed by atoms with E-state index in [0.717, 1.165) is 29.9 Å². The maximum atomic E-state index is 13.6. The second kappa shape index (κ2) is 7.28. The van der Waals surface area contributed by atoms with Crippen LogP contribution in [0.2, 0.25) is 0 Å². The van der Waals surface area contributed by atoms with Crippen LogP contribution in [0.3, 0.4) is 0 Å². The number of aromatic nitrogens is 2. The minimum absolute atomic E-state index is 0.211. The molecule has 21 heavy (non-hydrogen) atoms. The number of ether oxygens (including phenoxy) is 1. The molecule has 6 heteroatoms. The van der Waals surface area contributed by atoms with E-state index in [1.165, 1.54) is 6.07 Å². The maximum absolute atomic E-state index is 13.6. The first kappa shape index (κ1) is 15.6. The van der Waals surface area contributed by atoms with E-state index >= 15 is 0 Å². The summed E-state index contributed by atoms with van der Waals surface area (Å²) >= 11 is 0. The van der Waals surface area contributed by atoms with Gasteiger partial charge in [0.2, 0.25) is 0 Å². The van der Waals surface area contributed by atoms with E-state index in [1.807, 2.05) is 13.1 Å². The quantitative estimate of drug-likeness (QED) is 0.796. The van der Waals surface area contributed by atoms with E-state index in [-0.39, 0.29) is 12.1 Å². The van der Waals surface area contributed by atoms with E-state index in [1.54, 1.807) is 11.8 Å². The lowest BCUT2D eigenvalue weighted by Crippen LogP contribution is -2.18. The summed E-state index contributed by atoms with van der Waals surface area (Å²) < 4.78 is 33.4. The summed E-state index contributed by atoms with van der Waals surface area (Å²) in [5.74, 6) is -0.874. The highest BCUT2D eigenvalue weighted by Crippen LogP contribution is 2.13. The molecule has 0 fully saturated rings. The molecule has 0 atom stereocenters. The van der Waals surface area contributed by atoms with Crippen molar-refractivity contribution in [2.75, 3.05) is 20.3 Å². The molecule has 2 aromatic rings. The van der Waals surface area contributed by atoms with Gasteiger partial charge >= 0.3 is 0 Å². The number of rotatable bonds is 7. The Morgan fingerprint density at radius 3 is 2.86 bits per heavy atom. The van der Waals surface area contributed by atoms with Gasteiger partial charge in [-0.1, -0.05) is 0 Å². The van der Waals surface area contributed by atoms with Gasteiger partial charge in [-0.3, -0.25) is 4.68 Å². The Hall–Kier alpha value is -1.79. The molecule has 1 N–H and O–H groups in total. The molecule has 0 aliphatic heterocycles. The fraction of sp³-hybridized carbons (Fsp3) is 0.400. The first-order valence-corrected chi connectivity index (χ1v) is 6.76. The van der Waals surface area contributed by atoms with Crippen molar-refractivity contribution in [1.82, 2.24) is 15.1 Å². The number of methoxy groups -OCH3 is 1. The molecular formula is C15H19F2N3O. The van der Waals surface area contributed by atoms with Gasteiger partial charge in [0.15, 0.2) is 0 Å². The molecule has 4 nitrogen and oxygen atoms in total. The smallest absolute Gasteiger partial charge is 0.128 e. The Morgan fingerprint density at radius 2 is 2.10 bits per heavy atom. The first-order chi connectivity index (χ1) is 10.1. The van der Waals surface area contributed by atoms with E-state index in [9.17, 15) is 8.78 Å². The second-order valence-corrected chi connectivity index (χ2v) is 4.84. The van der Waals surface area contributed by atoms with Crippen molar-refractivity contribution in [3.63, 3.8) is 0 Å². The van der Waals surface area contributed by atoms with Crippen molar-refractivity contribution >= 4 is 0 Å². The molecule has 0 radical (unpaired) electrons. The normalized spacial score (nSPS) is 11.0. The second-order valence-electron chi connectivity index (χ2n) is 4.84. The summed E-state index contributed by atoms with van der Waals surface area (Å²) in [5, 5.41) is 7.56. The van der Waals surface area contributed by atoms with Gasteiger partial charge in [-0.25, -0.2) is 8.78 Å². The van der Waals surface area contributed by atoms with Crippen LogP contribution in [0.4, 0.5) is 8.78 Å². The van der Waals surface area contributed by atoms with Crippen LogP contribution >= 0.6 is 0 Å². The molecule has 0 saturated carbocycles. The van der Waals surface area contributed by atoms with Gasteiger partial charge in [-0.05, 0) is 25.1 Å². The fourth-order valence-corrected chi connectivity index (χ4v) is 2.05. The highest BCUT2D eigenvalue weighted by atomic mass is 19.1. The van der Waals surface area contributed by atoms with Crippen molar-refractivity contribution in [2.45, 2.75) is 20.0 Å². The van der Waals surface area contributed by atoms with Gasteiger partial charge in [0.25, 0.3) is 0 Å². The largest absolute Gasteiger partial charge is 0.383 e. The summed E-state index contributed by atoms with van der Waals surface area (Å²) in [7, 11) is 1.65. The number of hydrogen-bond acceptors (Lipinski definition) is 3. The zero-order valence-corrected chi connectivity index (χ0v) is 12.2. The molecule has 2 rings (SSSR count). The highest BCUT2D eigenvalue weighted by molar-refractivity contribution is 5.21. The minimum atomic E-state index is -0.447. The van der Waals surface area contributed by atoms with Crippen LogP contribution in [-0.2, 0) is 17.8 Å². The molecule has 0 spiro atoms. The number of nitrogens with one attached hydrogen (secondary N) is 1. The Morgan fingerprint density at radius 1 is 1.29 bits per heavy atom.